The Morgan fingerprint density at radius 3 is 1.52 bits per heavy atom. The van der Waals surface area contributed by atoms with Crippen LogP contribution in [-0.2, 0) is 14.3 Å². The molecule has 0 aliphatic rings. The fourth-order valence-corrected chi connectivity index (χ4v) is 4.31. The third kappa shape index (κ3) is 19.0. The quantitative estimate of drug-likeness (QED) is 0.156. The zero-order chi connectivity index (χ0) is 20.4. The van der Waals surface area contributed by atoms with Crippen LogP contribution in [0.4, 0.5) is 0 Å². The van der Waals surface area contributed by atoms with Gasteiger partial charge in [0.05, 0.1) is 12.9 Å². The SMILES string of the molecule is CCCCCCC(CC)CCC(CC)CCCCCCCCOS(C)(=O)=O. The van der Waals surface area contributed by atoms with Gasteiger partial charge in [-0.1, -0.05) is 117 Å². The molecule has 4 heteroatoms. The second-order valence-corrected chi connectivity index (χ2v) is 10.1. The van der Waals surface area contributed by atoms with E-state index in [-0.39, 0.29) is 0 Å². The maximum atomic E-state index is 10.9. The molecule has 0 amide bonds. The van der Waals surface area contributed by atoms with Crippen LogP contribution in [0, 0.1) is 11.8 Å². The summed E-state index contributed by atoms with van der Waals surface area (Å²) in [4.78, 5) is 0. The lowest BCUT2D eigenvalue weighted by Crippen LogP contribution is -2.05. The van der Waals surface area contributed by atoms with E-state index in [1.165, 1.54) is 89.9 Å². The molecule has 0 N–H and O–H groups in total. The highest BCUT2D eigenvalue weighted by Crippen LogP contribution is 2.26. The number of hydrogen-bond acceptors (Lipinski definition) is 3. The van der Waals surface area contributed by atoms with Crippen LogP contribution in [-0.4, -0.2) is 21.3 Å². The molecule has 0 saturated heterocycles. The van der Waals surface area contributed by atoms with Gasteiger partial charge in [-0.25, -0.2) is 0 Å². The molecule has 2 atom stereocenters. The Bertz CT molecular complexity index is 406. The highest BCUT2D eigenvalue weighted by Gasteiger charge is 2.11. The summed E-state index contributed by atoms with van der Waals surface area (Å²) in [5.74, 6) is 1.86. The molecule has 164 valence electrons. The Kier molecular flexibility index (Phi) is 17.9. The van der Waals surface area contributed by atoms with Gasteiger partial charge in [0, 0.05) is 0 Å². The Morgan fingerprint density at radius 1 is 0.630 bits per heavy atom. The van der Waals surface area contributed by atoms with Gasteiger partial charge in [0.1, 0.15) is 0 Å². The zero-order valence-corrected chi connectivity index (χ0v) is 19.6. The molecule has 2 unspecified atom stereocenters. The van der Waals surface area contributed by atoms with Gasteiger partial charge in [-0.05, 0) is 18.3 Å². The minimum atomic E-state index is -3.26. The first-order valence-corrected chi connectivity index (χ1v) is 13.6. The van der Waals surface area contributed by atoms with E-state index in [4.69, 9.17) is 4.18 Å². The van der Waals surface area contributed by atoms with E-state index in [0.717, 1.165) is 30.9 Å². The maximum Gasteiger partial charge on any atom is 0.264 e. The summed E-state index contributed by atoms with van der Waals surface area (Å²) in [7, 11) is -3.26. The summed E-state index contributed by atoms with van der Waals surface area (Å²) < 4.78 is 26.5. The van der Waals surface area contributed by atoms with Crippen LogP contribution in [0.15, 0.2) is 0 Å². The van der Waals surface area contributed by atoms with Crippen molar-refractivity contribution in [1.82, 2.24) is 0 Å². The van der Waals surface area contributed by atoms with Crippen LogP contribution in [0.3, 0.4) is 0 Å². The van der Waals surface area contributed by atoms with Crippen LogP contribution in [0.25, 0.3) is 0 Å². The topological polar surface area (TPSA) is 43.4 Å². The Hall–Kier alpha value is -0.0900. The second-order valence-electron chi connectivity index (χ2n) is 8.41. The van der Waals surface area contributed by atoms with E-state index < -0.39 is 10.1 Å². The smallest absolute Gasteiger partial charge is 0.264 e. The van der Waals surface area contributed by atoms with Gasteiger partial charge in [0.15, 0.2) is 0 Å². The molecule has 0 aliphatic heterocycles. The average molecular weight is 405 g/mol. The van der Waals surface area contributed by atoms with Crippen molar-refractivity contribution in [2.75, 3.05) is 12.9 Å². The zero-order valence-electron chi connectivity index (χ0n) is 18.8. The number of hydrogen-bond donors (Lipinski definition) is 0. The van der Waals surface area contributed by atoms with Gasteiger partial charge in [0.2, 0.25) is 0 Å². The monoisotopic (exact) mass is 404 g/mol. The Morgan fingerprint density at radius 2 is 1.07 bits per heavy atom. The molecule has 0 aromatic carbocycles. The van der Waals surface area contributed by atoms with E-state index in [2.05, 4.69) is 20.8 Å². The second kappa shape index (κ2) is 18.0. The van der Waals surface area contributed by atoms with Crippen LogP contribution < -0.4 is 0 Å². The fraction of sp³-hybridized carbons (Fsp3) is 1.00. The summed E-state index contributed by atoms with van der Waals surface area (Å²) in [5.41, 5.74) is 0. The number of rotatable bonds is 20. The minimum absolute atomic E-state index is 0.341. The summed E-state index contributed by atoms with van der Waals surface area (Å²) in [6, 6.07) is 0. The largest absolute Gasteiger partial charge is 0.270 e. The Balaban J connectivity index is 3.64. The highest BCUT2D eigenvalue weighted by molar-refractivity contribution is 7.85. The summed E-state index contributed by atoms with van der Waals surface area (Å²) in [5, 5.41) is 0. The van der Waals surface area contributed by atoms with E-state index in [9.17, 15) is 8.42 Å². The predicted octanol–water partition coefficient (Wildman–Crippen LogP) is 7.50. The molecule has 3 nitrogen and oxygen atoms in total. The molecule has 0 aromatic heterocycles. The molecule has 0 heterocycles. The first-order valence-electron chi connectivity index (χ1n) is 11.8. The number of unbranched alkanes of at least 4 members (excludes halogenated alkanes) is 8. The normalized spacial score (nSPS) is 14.4. The first-order chi connectivity index (χ1) is 12.9. The van der Waals surface area contributed by atoms with Crippen molar-refractivity contribution in [3.63, 3.8) is 0 Å². The van der Waals surface area contributed by atoms with Crippen molar-refractivity contribution in [3.8, 4) is 0 Å². The molecule has 0 rings (SSSR count). The van der Waals surface area contributed by atoms with E-state index in [1.54, 1.807) is 0 Å². The van der Waals surface area contributed by atoms with Crippen LogP contribution in [0.1, 0.15) is 124 Å². The lowest BCUT2D eigenvalue weighted by Gasteiger charge is -2.19. The molecular weight excluding hydrogens is 356 g/mol. The molecule has 0 radical (unpaired) electrons. The third-order valence-electron chi connectivity index (χ3n) is 5.91. The van der Waals surface area contributed by atoms with Gasteiger partial charge >= 0.3 is 0 Å². The average Bonchev–Trinajstić information content (AvgIpc) is 2.63. The van der Waals surface area contributed by atoms with Crippen LogP contribution >= 0.6 is 0 Å². The van der Waals surface area contributed by atoms with E-state index >= 15 is 0 Å². The standard InChI is InChI=1S/C23H48O3S/c1-5-8-9-14-17-22(6-2)19-20-23(7-3)18-15-12-10-11-13-16-21-26-27(4,24)25/h22-23H,5-21H2,1-4H3. The molecule has 0 spiro atoms. The van der Waals surface area contributed by atoms with Gasteiger partial charge in [-0.15, -0.1) is 0 Å². The van der Waals surface area contributed by atoms with Crippen molar-refractivity contribution in [3.05, 3.63) is 0 Å². The Labute approximate surface area is 171 Å². The van der Waals surface area contributed by atoms with Crippen molar-refractivity contribution in [1.29, 1.82) is 0 Å². The van der Waals surface area contributed by atoms with Crippen molar-refractivity contribution in [2.45, 2.75) is 124 Å². The van der Waals surface area contributed by atoms with Gasteiger partial charge < -0.3 is 0 Å². The molecule has 0 aliphatic carbocycles. The molecule has 0 saturated carbocycles. The molecule has 0 aromatic rings. The lowest BCUT2D eigenvalue weighted by molar-refractivity contribution is 0.308. The van der Waals surface area contributed by atoms with Crippen molar-refractivity contribution < 1.29 is 12.6 Å². The summed E-state index contributed by atoms with van der Waals surface area (Å²) in [6.07, 6.45) is 22.1. The van der Waals surface area contributed by atoms with Gasteiger partial charge in [0.25, 0.3) is 10.1 Å². The van der Waals surface area contributed by atoms with Gasteiger partial charge in [-0.3, -0.25) is 4.18 Å². The molecular formula is C23H48O3S. The summed E-state index contributed by atoms with van der Waals surface area (Å²) in [6.45, 7) is 7.35. The fourth-order valence-electron chi connectivity index (χ4n) is 3.89. The first kappa shape index (κ1) is 26.9. The minimum Gasteiger partial charge on any atom is -0.270 e. The van der Waals surface area contributed by atoms with Crippen molar-refractivity contribution in [2.24, 2.45) is 11.8 Å². The lowest BCUT2D eigenvalue weighted by atomic mass is 9.86. The third-order valence-corrected chi connectivity index (χ3v) is 6.50. The van der Waals surface area contributed by atoms with Gasteiger partial charge in [-0.2, -0.15) is 8.42 Å². The maximum absolute atomic E-state index is 10.9. The predicted molar refractivity (Wildman–Crippen MR) is 119 cm³/mol. The van der Waals surface area contributed by atoms with E-state index in [1.807, 2.05) is 0 Å². The molecule has 27 heavy (non-hydrogen) atoms. The van der Waals surface area contributed by atoms with Crippen LogP contribution in [0.2, 0.25) is 0 Å². The highest BCUT2D eigenvalue weighted by atomic mass is 32.2. The molecule has 0 fully saturated rings. The van der Waals surface area contributed by atoms with E-state index in [0.29, 0.717) is 6.61 Å². The van der Waals surface area contributed by atoms with Crippen LogP contribution in [0.5, 0.6) is 0 Å². The van der Waals surface area contributed by atoms with Crippen molar-refractivity contribution >= 4 is 10.1 Å². The summed E-state index contributed by atoms with van der Waals surface area (Å²) >= 11 is 0. The molecule has 0 bridgehead atoms.